The fourth-order valence-corrected chi connectivity index (χ4v) is 2.98. The molecule has 0 aromatic heterocycles. The van der Waals surface area contributed by atoms with Crippen LogP contribution < -0.4 is 15.5 Å². The summed E-state index contributed by atoms with van der Waals surface area (Å²) in [6, 6.07) is 8.61. The van der Waals surface area contributed by atoms with Gasteiger partial charge in [-0.3, -0.25) is 4.79 Å². The second-order valence-corrected chi connectivity index (χ2v) is 6.16. The zero-order valence-electron chi connectivity index (χ0n) is 13.5. The second kappa shape index (κ2) is 6.94. The Morgan fingerprint density at radius 1 is 1.33 bits per heavy atom. The number of hydrogen-bond donors (Lipinski definition) is 2. The van der Waals surface area contributed by atoms with Gasteiger partial charge in [-0.05, 0) is 57.5 Å². The van der Waals surface area contributed by atoms with Gasteiger partial charge in [0.15, 0.2) is 0 Å². The topological polar surface area (TPSA) is 44.4 Å². The maximum atomic E-state index is 12.2. The molecule has 1 amide bonds. The summed E-state index contributed by atoms with van der Waals surface area (Å²) in [7, 11) is 0. The summed E-state index contributed by atoms with van der Waals surface area (Å²) in [5, 5.41) is 6.30. The molecule has 0 aliphatic carbocycles. The van der Waals surface area contributed by atoms with Gasteiger partial charge in [-0.25, -0.2) is 0 Å². The van der Waals surface area contributed by atoms with Crippen LogP contribution in [0.4, 0.5) is 11.4 Å². The van der Waals surface area contributed by atoms with E-state index in [1.54, 1.807) is 0 Å². The van der Waals surface area contributed by atoms with E-state index < -0.39 is 0 Å². The molecule has 116 valence electrons. The van der Waals surface area contributed by atoms with Crippen molar-refractivity contribution in [3.63, 3.8) is 0 Å². The first-order valence-corrected chi connectivity index (χ1v) is 7.91. The van der Waals surface area contributed by atoms with Crippen LogP contribution in [0, 0.1) is 11.8 Å². The number of carbonyl (C=O) groups is 1. The van der Waals surface area contributed by atoms with Crippen LogP contribution in [0.5, 0.6) is 0 Å². The van der Waals surface area contributed by atoms with E-state index >= 15 is 0 Å². The summed E-state index contributed by atoms with van der Waals surface area (Å²) in [6.07, 6.45) is 0. The largest absolute Gasteiger partial charge is 0.369 e. The summed E-state index contributed by atoms with van der Waals surface area (Å²) >= 11 is 0. The van der Waals surface area contributed by atoms with Gasteiger partial charge in [0.25, 0.3) is 0 Å². The Bertz CT molecular complexity index is 469. The molecule has 2 N–H and O–H groups in total. The van der Waals surface area contributed by atoms with E-state index in [0.717, 1.165) is 25.3 Å². The van der Waals surface area contributed by atoms with Crippen molar-refractivity contribution in [3.8, 4) is 0 Å². The van der Waals surface area contributed by atoms with Gasteiger partial charge < -0.3 is 15.5 Å². The molecular weight excluding hydrogens is 262 g/mol. The highest BCUT2D eigenvalue weighted by atomic mass is 16.1. The predicted octanol–water partition coefficient (Wildman–Crippen LogP) is 2.72. The molecule has 1 aromatic rings. The highest BCUT2D eigenvalue weighted by molar-refractivity contribution is 5.93. The van der Waals surface area contributed by atoms with Crippen molar-refractivity contribution in [3.05, 3.63) is 24.3 Å². The van der Waals surface area contributed by atoms with Gasteiger partial charge in [0.2, 0.25) is 5.91 Å². The van der Waals surface area contributed by atoms with Crippen molar-refractivity contribution in [1.82, 2.24) is 5.32 Å². The summed E-state index contributed by atoms with van der Waals surface area (Å²) < 4.78 is 0. The second-order valence-electron chi connectivity index (χ2n) is 6.16. The number of amides is 1. The average Bonchev–Trinajstić information content (AvgIpc) is 2.87. The molecule has 21 heavy (non-hydrogen) atoms. The minimum Gasteiger partial charge on any atom is -0.369 e. The quantitative estimate of drug-likeness (QED) is 0.876. The van der Waals surface area contributed by atoms with Crippen LogP contribution in [0.2, 0.25) is 0 Å². The van der Waals surface area contributed by atoms with Crippen molar-refractivity contribution in [1.29, 1.82) is 0 Å². The number of rotatable bonds is 5. The summed E-state index contributed by atoms with van der Waals surface area (Å²) in [5.41, 5.74) is 2.07. The highest BCUT2D eigenvalue weighted by Gasteiger charge is 2.29. The van der Waals surface area contributed by atoms with E-state index in [4.69, 9.17) is 0 Å². The van der Waals surface area contributed by atoms with Crippen LogP contribution >= 0.6 is 0 Å². The average molecular weight is 289 g/mol. The Kier molecular flexibility index (Phi) is 5.23. The number of carbonyl (C=O) groups excluding carboxylic acids is 1. The summed E-state index contributed by atoms with van der Waals surface area (Å²) in [6.45, 7) is 11.3. The monoisotopic (exact) mass is 289 g/mol. The molecule has 1 heterocycles. The third-order valence-corrected chi connectivity index (χ3v) is 4.28. The smallest absolute Gasteiger partial charge is 0.229 e. The van der Waals surface area contributed by atoms with Crippen LogP contribution in [-0.2, 0) is 4.79 Å². The number of benzene rings is 1. The molecule has 2 unspecified atom stereocenters. The lowest BCUT2D eigenvalue weighted by Gasteiger charge is -2.27. The first kappa shape index (κ1) is 15.8. The van der Waals surface area contributed by atoms with Gasteiger partial charge in [-0.2, -0.15) is 0 Å². The third kappa shape index (κ3) is 3.76. The molecule has 2 rings (SSSR count). The highest BCUT2D eigenvalue weighted by Crippen LogP contribution is 2.22. The number of anilines is 2. The van der Waals surface area contributed by atoms with E-state index in [2.05, 4.69) is 55.4 Å². The van der Waals surface area contributed by atoms with Gasteiger partial charge >= 0.3 is 0 Å². The van der Waals surface area contributed by atoms with E-state index in [9.17, 15) is 4.79 Å². The van der Waals surface area contributed by atoms with Crippen LogP contribution in [0.25, 0.3) is 0 Å². The molecule has 1 aromatic carbocycles. The number of nitrogens with one attached hydrogen (secondary N) is 2. The Balaban J connectivity index is 2.00. The van der Waals surface area contributed by atoms with Gasteiger partial charge in [0.1, 0.15) is 0 Å². The molecule has 0 radical (unpaired) electrons. The predicted molar refractivity (Wildman–Crippen MR) is 88.8 cm³/mol. The molecule has 1 aliphatic heterocycles. The molecule has 4 heteroatoms. The molecule has 1 saturated heterocycles. The molecule has 4 nitrogen and oxygen atoms in total. The maximum Gasteiger partial charge on any atom is 0.229 e. The first-order valence-electron chi connectivity index (χ1n) is 7.91. The van der Waals surface area contributed by atoms with E-state index in [1.165, 1.54) is 5.69 Å². The van der Waals surface area contributed by atoms with Gasteiger partial charge in [-0.1, -0.05) is 6.92 Å². The van der Waals surface area contributed by atoms with Crippen molar-refractivity contribution >= 4 is 17.3 Å². The van der Waals surface area contributed by atoms with Crippen LogP contribution in [0.15, 0.2) is 24.3 Å². The maximum absolute atomic E-state index is 12.2. The molecule has 0 saturated carbocycles. The van der Waals surface area contributed by atoms with Gasteiger partial charge in [0, 0.05) is 30.5 Å². The summed E-state index contributed by atoms with van der Waals surface area (Å²) in [5.74, 6) is 0.602. The minimum atomic E-state index is 0.0764. The van der Waals surface area contributed by atoms with E-state index in [-0.39, 0.29) is 11.8 Å². The van der Waals surface area contributed by atoms with Crippen molar-refractivity contribution in [2.75, 3.05) is 29.9 Å². The summed E-state index contributed by atoms with van der Waals surface area (Å²) in [4.78, 5) is 14.6. The van der Waals surface area contributed by atoms with Crippen molar-refractivity contribution in [2.24, 2.45) is 11.8 Å². The fraction of sp³-hybridized carbons (Fsp3) is 0.588. The zero-order chi connectivity index (χ0) is 15.4. The normalized spacial score (nSPS) is 21.6. The van der Waals surface area contributed by atoms with Crippen molar-refractivity contribution in [2.45, 2.75) is 33.7 Å². The standard InChI is InChI=1S/C17H27N3O/c1-5-20(12(2)3)15-8-6-14(7-9-15)19-17(21)16-11-18-10-13(16)4/h6-9,12-13,16,18H,5,10-11H2,1-4H3,(H,19,21). The lowest BCUT2D eigenvalue weighted by Crippen LogP contribution is -2.30. The first-order chi connectivity index (χ1) is 10.0. The van der Waals surface area contributed by atoms with E-state index in [0.29, 0.717) is 12.0 Å². The van der Waals surface area contributed by atoms with Crippen LogP contribution in [-0.4, -0.2) is 31.6 Å². The molecule has 2 atom stereocenters. The Labute approximate surface area is 127 Å². The molecule has 0 bridgehead atoms. The minimum absolute atomic E-state index is 0.0764. The number of hydrogen-bond acceptors (Lipinski definition) is 3. The lowest BCUT2D eigenvalue weighted by atomic mass is 9.97. The van der Waals surface area contributed by atoms with Gasteiger partial charge in [-0.15, -0.1) is 0 Å². The third-order valence-electron chi connectivity index (χ3n) is 4.28. The molecule has 1 fully saturated rings. The van der Waals surface area contributed by atoms with Crippen LogP contribution in [0.3, 0.4) is 0 Å². The zero-order valence-corrected chi connectivity index (χ0v) is 13.5. The van der Waals surface area contributed by atoms with Crippen LogP contribution in [0.1, 0.15) is 27.7 Å². The Morgan fingerprint density at radius 2 is 2.00 bits per heavy atom. The molecule has 1 aliphatic rings. The number of nitrogens with zero attached hydrogens (tertiary/aromatic N) is 1. The molecular formula is C17H27N3O. The van der Waals surface area contributed by atoms with Gasteiger partial charge in [0.05, 0.1) is 5.92 Å². The van der Waals surface area contributed by atoms with Crippen molar-refractivity contribution < 1.29 is 4.79 Å². The SMILES string of the molecule is CCN(c1ccc(NC(=O)C2CNCC2C)cc1)C(C)C. The lowest BCUT2D eigenvalue weighted by molar-refractivity contribution is -0.120. The fourth-order valence-electron chi connectivity index (χ4n) is 2.98. The van der Waals surface area contributed by atoms with E-state index in [1.807, 2.05) is 12.1 Å². The Hall–Kier alpha value is -1.55. The molecule has 0 spiro atoms. The Morgan fingerprint density at radius 3 is 2.48 bits per heavy atom.